The van der Waals surface area contributed by atoms with Gasteiger partial charge < -0.3 is 15.0 Å². The Hall–Kier alpha value is -2.49. The van der Waals surface area contributed by atoms with Crippen LogP contribution < -0.4 is 10.5 Å². The van der Waals surface area contributed by atoms with Crippen LogP contribution in [0.15, 0.2) is 42.7 Å². The van der Waals surface area contributed by atoms with Crippen molar-refractivity contribution in [1.29, 1.82) is 0 Å². The molecular formula is C17H19N3O. The van der Waals surface area contributed by atoms with Crippen molar-refractivity contribution in [3.63, 3.8) is 0 Å². The summed E-state index contributed by atoms with van der Waals surface area (Å²) >= 11 is 0. The van der Waals surface area contributed by atoms with Gasteiger partial charge in [-0.05, 0) is 31.4 Å². The summed E-state index contributed by atoms with van der Waals surface area (Å²) in [7, 11) is 1.68. The average molecular weight is 281 g/mol. The van der Waals surface area contributed by atoms with Gasteiger partial charge >= 0.3 is 0 Å². The Morgan fingerprint density at radius 3 is 2.43 bits per heavy atom. The molecule has 21 heavy (non-hydrogen) atoms. The van der Waals surface area contributed by atoms with E-state index < -0.39 is 0 Å². The predicted molar refractivity (Wildman–Crippen MR) is 86.5 cm³/mol. The normalized spacial score (nSPS) is 11.2. The first-order chi connectivity index (χ1) is 10.1. The molecule has 0 aliphatic rings. The van der Waals surface area contributed by atoms with E-state index in [1.807, 2.05) is 34.9 Å². The largest absolute Gasteiger partial charge is 0.496 e. The van der Waals surface area contributed by atoms with Crippen LogP contribution in [0.25, 0.3) is 22.0 Å². The highest BCUT2D eigenvalue weighted by molar-refractivity contribution is 6.00. The molecule has 0 atom stereocenters. The number of ether oxygens (including phenoxy) is 1. The van der Waals surface area contributed by atoms with E-state index in [0.29, 0.717) is 5.82 Å². The van der Waals surface area contributed by atoms with Crippen LogP contribution in [0.5, 0.6) is 5.75 Å². The van der Waals surface area contributed by atoms with Gasteiger partial charge in [-0.3, -0.25) is 0 Å². The lowest BCUT2D eigenvalue weighted by atomic mass is 10.0. The van der Waals surface area contributed by atoms with Gasteiger partial charge in [-0.15, -0.1) is 0 Å². The first-order valence-electron chi connectivity index (χ1n) is 7.02. The molecule has 0 bridgehead atoms. The first-order valence-corrected chi connectivity index (χ1v) is 7.02. The van der Waals surface area contributed by atoms with Gasteiger partial charge in [-0.1, -0.05) is 24.3 Å². The number of nitrogens with zero attached hydrogens (tertiary/aromatic N) is 2. The molecule has 108 valence electrons. The van der Waals surface area contributed by atoms with Gasteiger partial charge in [0, 0.05) is 17.0 Å². The predicted octanol–water partition coefficient (Wildman–Crippen LogP) is 3.88. The van der Waals surface area contributed by atoms with E-state index in [0.717, 1.165) is 27.8 Å². The highest BCUT2D eigenvalue weighted by atomic mass is 16.5. The van der Waals surface area contributed by atoms with Gasteiger partial charge in [-0.2, -0.15) is 0 Å². The van der Waals surface area contributed by atoms with Crippen molar-refractivity contribution in [2.45, 2.75) is 19.9 Å². The molecule has 0 aliphatic carbocycles. The van der Waals surface area contributed by atoms with Crippen LogP contribution in [0.2, 0.25) is 0 Å². The summed E-state index contributed by atoms with van der Waals surface area (Å²) in [6, 6.07) is 12.4. The lowest BCUT2D eigenvalue weighted by Crippen LogP contribution is -2.04. The standard InChI is InChI=1S/C17H19N3O/c1-11(2)20-10-19-16(17(20)18)14-8-9-15(21-3)13-7-5-4-6-12(13)14/h4-11H,18H2,1-3H3. The van der Waals surface area contributed by atoms with Gasteiger partial charge in [-0.25, -0.2) is 4.98 Å². The Morgan fingerprint density at radius 2 is 1.81 bits per heavy atom. The van der Waals surface area contributed by atoms with Crippen LogP contribution in [-0.4, -0.2) is 16.7 Å². The van der Waals surface area contributed by atoms with Crippen LogP contribution in [0.3, 0.4) is 0 Å². The fraction of sp³-hybridized carbons (Fsp3) is 0.235. The van der Waals surface area contributed by atoms with Crippen LogP contribution in [0, 0.1) is 0 Å². The van der Waals surface area contributed by atoms with E-state index in [1.165, 1.54) is 0 Å². The molecule has 4 nitrogen and oxygen atoms in total. The number of nitrogens with two attached hydrogens (primary N) is 1. The summed E-state index contributed by atoms with van der Waals surface area (Å²) in [6.07, 6.45) is 1.80. The lowest BCUT2D eigenvalue weighted by molar-refractivity contribution is 0.420. The fourth-order valence-electron chi connectivity index (χ4n) is 2.65. The Bertz CT molecular complexity index is 790. The third kappa shape index (κ3) is 2.13. The third-order valence-corrected chi connectivity index (χ3v) is 3.75. The monoisotopic (exact) mass is 281 g/mol. The second-order valence-electron chi connectivity index (χ2n) is 5.34. The van der Waals surface area contributed by atoms with Gasteiger partial charge in [0.2, 0.25) is 0 Å². The second kappa shape index (κ2) is 5.13. The second-order valence-corrected chi connectivity index (χ2v) is 5.34. The third-order valence-electron chi connectivity index (χ3n) is 3.75. The molecule has 0 aliphatic heterocycles. The molecule has 0 saturated heterocycles. The van der Waals surface area contributed by atoms with Crippen LogP contribution in [-0.2, 0) is 0 Å². The molecule has 2 N–H and O–H groups in total. The first kappa shape index (κ1) is 13.5. The Morgan fingerprint density at radius 1 is 1.10 bits per heavy atom. The van der Waals surface area contributed by atoms with Crippen molar-refractivity contribution in [3.05, 3.63) is 42.7 Å². The number of nitrogen functional groups attached to an aromatic ring is 1. The molecule has 0 saturated carbocycles. The van der Waals surface area contributed by atoms with Crippen LogP contribution >= 0.6 is 0 Å². The SMILES string of the molecule is COc1ccc(-c2ncn(C(C)C)c2N)c2ccccc12. The fourth-order valence-corrected chi connectivity index (χ4v) is 2.65. The molecule has 0 radical (unpaired) electrons. The summed E-state index contributed by atoms with van der Waals surface area (Å²) in [4.78, 5) is 4.51. The number of anilines is 1. The molecule has 2 aromatic carbocycles. The average Bonchev–Trinajstić information content (AvgIpc) is 2.88. The molecule has 1 aromatic heterocycles. The van der Waals surface area contributed by atoms with E-state index in [2.05, 4.69) is 24.9 Å². The molecule has 4 heteroatoms. The zero-order valence-corrected chi connectivity index (χ0v) is 12.5. The number of hydrogen-bond acceptors (Lipinski definition) is 3. The number of aromatic nitrogens is 2. The van der Waals surface area contributed by atoms with Gasteiger partial charge in [0.15, 0.2) is 0 Å². The molecule has 0 unspecified atom stereocenters. The maximum atomic E-state index is 6.27. The minimum atomic E-state index is 0.288. The van der Waals surface area contributed by atoms with Crippen molar-refractivity contribution in [2.24, 2.45) is 0 Å². The smallest absolute Gasteiger partial charge is 0.131 e. The zero-order valence-electron chi connectivity index (χ0n) is 12.5. The maximum Gasteiger partial charge on any atom is 0.131 e. The topological polar surface area (TPSA) is 53.1 Å². The quantitative estimate of drug-likeness (QED) is 0.792. The van der Waals surface area contributed by atoms with Crippen LogP contribution in [0.4, 0.5) is 5.82 Å². The Kier molecular flexibility index (Phi) is 3.29. The van der Waals surface area contributed by atoms with E-state index in [9.17, 15) is 0 Å². The number of hydrogen-bond donors (Lipinski definition) is 1. The number of methoxy groups -OCH3 is 1. The molecule has 0 spiro atoms. The van der Waals surface area contributed by atoms with Crippen molar-refractivity contribution in [1.82, 2.24) is 9.55 Å². The zero-order chi connectivity index (χ0) is 15.0. The summed E-state index contributed by atoms with van der Waals surface area (Å²) in [5.74, 6) is 1.55. The number of imidazole rings is 1. The molecule has 3 aromatic rings. The van der Waals surface area contributed by atoms with Crippen LogP contribution in [0.1, 0.15) is 19.9 Å². The van der Waals surface area contributed by atoms with E-state index >= 15 is 0 Å². The van der Waals surface area contributed by atoms with Gasteiger partial charge in [0.25, 0.3) is 0 Å². The van der Waals surface area contributed by atoms with Gasteiger partial charge in [0.1, 0.15) is 17.3 Å². The summed E-state index contributed by atoms with van der Waals surface area (Å²) in [5, 5.41) is 2.16. The van der Waals surface area contributed by atoms with Crippen molar-refractivity contribution >= 4 is 16.6 Å². The minimum Gasteiger partial charge on any atom is -0.496 e. The summed E-state index contributed by atoms with van der Waals surface area (Å²) < 4.78 is 7.42. The number of fused-ring (bicyclic) bond motifs is 1. The van der Waals surface area contributed by atoms with Crippen molar-refractivity contribution < 1.29 is 4.74 Å². The van der Waals surface area contributed by atoms with Crippen molar-refractivity contribution in [3.8, 4) is 17.0 Å². The summed E-state index contributed by atoms with van der Waals surface area (Å²) in [5.41, 5.74) is 8.12. The molecule has 0 amide bonds. The van der Waals surface area contributed by atoms with Crippen molar-refractivity contribution in [2.75, 3.05) is 12.8 Å². The number of rotatable bonds is 3. The Labute approximate surface area is 124 Å². The van der Waals surface area contributed by atoms with E-state index in [1.54, 1.807) is 13.4 Å². The van der Waals surface area contributed by atoms with Gasteiger partial charge in [0.05, 0.1) is 13.4 Å². The highest BCUT2D eigenvalue weighted by Gasteiger charge is 2.15. The highest BCUT2D eigenvalue weighted by Crippen LogP contribution is 2.36. The molecule has 1 heterocycles. The summed E-state index contributed by atoms with van der Waals surface area (Å²) in [6.45, 7) is 4.18. The molecule has 0 fully saturated rings. The molecule has 3 rings (SSSR count). The van der Waals surface area contributed by atoms with E-state index in [-0.39, 0.29) is 6.04 Å². The van der Waals surface area contributed by atoms with E-state index in [4.69, 9.17) is 10.5 Å². The Balaban J connectivity index is 2.27. The lowest BCUT2D eigenvalue weighted by Gasteiger charge is -2.11. The molecular weight excluding hydrogens is 262 g/mol. The minimum absolute atomic E-state index is 0.288. The number of benzene rings is 2. The maximum absolute atomic E-state index is 6.27.